The van der Waals surface area contributed by atoms with Crippen LogP contribution in [0.3, 0.4) is 0 Å². The Hall–Kier alpha value is -0.765. The summed E-state index contributed by atoms with van der Waals surface area (Å²) >= 11 is 0. The predicted molar refractivity (Wildman–Crippen MR) is 42.1 cm³/mol. The van der Waals surface area contributed by atoms with Gasteiger partial charge in [0.15, 0.2) is 7.85 Å². The Bertz CT molecular complexity index is 209. The first-order valence-corrected chi connectivity index (χ1v) is 3.36. The van der Waals surface area contributed by atoms with Crippen molar-refractivity contribution in [1.29, 1.82) is 0 Å². The lowest BCUT2D eigenvalue weighted by atomic mass is 10.1. The molecular formula is C6H11BN2O. The molecule has 0 aliphatic rings. The zero-order valence-electron chi connectivity index (χ0n) is 6.28. The first-order valence-electron chi connectivity index (χ1n) is 3.36. The Morgan fingerprint density at radius 3 is 3.00 bits per heavy atom. The summed E-state index contributed by atoms with van der Waals surface area (Å²) in [5, 5.41) is 13.1. The van der Waals surface area contributed by atoms with Gasteiger partial charge in [-0.3, -0.25) is 4.68 Å². The summed E-state index contributed by atoms with van der Waals surface area (Å²) in [4.78, 5) is 0. The van der Waals surface area contributed by atoms with E-state index in [9.17, 15) is 0 Å². The lowest BCUT2D eigenvalue weighted by molar-refractivity contribution is 0.168. The molecular weight excluding hydrogens is 127 g/mol. The highest BCUT2D eigenvalue weighted by atomic mass is 16.3. The van der Waals surface area contributed by atoms with E-state index in [0.29, 0.717) is 6.54 Å². The second-order valence-electron chi connectivity index (χ2n) is 2.53. The number of aliphatic hydroxyl groups is 1. The molecule has 1 atom stereocenters. The number of aliphatic hydroxyl groups excluding tert-OH is 1. The lowest BCUT2D eigenvalue weighted by Crippen LogP contribution is -2.15. The molecule has 0 aliphatic heterocycles. The van der Waals surface area contributed by atoms with Crippen molar-refractivity contribution in [2.75, 3.05) is 0 Å². The molecule has 0 aliphatic carbocycles. The fourth-order valence-electron chi connectivity index (χ4n) is 0.836. The van der Waals surface area contributed by atoms with Crippen LogP contribution in [0.4, 0.5) is 0 Å². The Balaban J connectivity index is 2.58. The summed E-state index contributed by atoms with van der Waals surface area (Å²) in [7, 11) is 1.93. The van der Waals surface area contributed by atoms with Crippen LogP contribution in [0, 0.1) is 0 Å². The van der Waals surface area contributed by atoms with Crippen LogP contribution in [-0.4, -0.2) is 28.8 Å². The van der Waals surface area contributed by atoms with E-state index < -0.39 is 0 Å². The smallest absolute Gasteiger partial charge is 0.166 e. The van der Waals surface area contributed by atoms with Gasteiger partial charge in [0.1, 0.15) is 0 Å². The van der Waals surface area contributed by atoms with Gasteiger partial charge in [-0.05, 0) is 13.0 Å². The molecule has 1 heterocycles. The van der Waals surface area contributed by atoms with Gasteiger partial charge in [0.2, 0.25) is 0 Å². The van der Waals surface area contributed by atoms with Crippen molar-refractivity contribution in [3.8, 4) is 0 Å². The van der Waals surface area contributed by atoms with Gasteiger partial charge < -0.3 is 5.11 Å². The lowest BCUT2D eigenvalue weighted by Gasteiger charge is -2.02. The van der Waals surface area contributed by atoms with Gasteiger partial charge >= 0.3 is 0 Å². The summed E-state index contributed by atoms with van der Waals surface area (Å²) < 4.78 is 1.74. The van der Waals surface area contributed by atoms with Crippen LogP contribution in [0.5, 0.6) is 0 Å². The number of hydrogen-bond donors (Lipinski definition) is 1. The number of rotatable bonds is 2. The zero-order valence-corrected chi connectivity index (χ0v) is 6.28. The summed E-state index contributed by atoms with van der Waals surface area (Å²) in [6.07, 6.45) is 1.54. The molecule has 0 radical (unpaired) electrons. The fraction of sp³-hybridized carbons (Fsp3) is 0.500. The minimum atomic E-state index is -0.320. The second-order valence-corrected chi connectivity index (χ2v) is 2.53. The molecule has 0 saturated heterocycles. The average molecular weight is 138 g/mol. The largest absolute Gasteiger partial charge is 0.391 e. The second kappa shape index (κ2) is 2.88. The van der Waals surface area contributed by atoms with Crippen molar-refractivity contribution in [1.82, 2.24) is 9.78 Å². The average Bonchev–Trinajstić information content (AvgIpc) is 2.13. The van der Waals surface area contributed by atoms with Gasteiger partial charge in [0.25, 0.3) is 0 Å². The standard InChI is InChI=1S/C6H11BN2O/c1-5(10)4-9-3-2-6(7)8-9/h2-3,5,10H,4,7H2,1H3/t5-/m1/s1. The molecule has 3 nitrogen and oxygen atoms in total. The van der Waals surface area contributed by atoms with Crippen LogP contribution < -0.4 is 5.59 Å². The third-order valence-corrected chi connectivity index (χ3v) is 1.23. The molecule has 10 heavy (non-hydrogen) atoms. The summed E-state index contributed by atoms with van der Waals surface area (Å²) in [6, 6.07) is 1.92. The Kier molecular flexibility index (Phi) is 2.11. The molecule has 0 unspecified atom stereocenters. The minimum absolute atomic E-state index is 0.320. The topological polar surface area (TPSA) is 38.0 Å². The Morgan fingerprint density at radius 2 is 2.60 bits per heavy atom. The molecule has 1 aromatic heterocycles. The van der Waals surface area contributed by atoms with Crippen molar-refractivity contribution in [2.45, 2.75) is 19.6 Å². The van der Waals surface area contributed by atoms with E-state index in [1.165, 1.54) is 0 Å². The zero-order chi connectivity index (χ0) is 7.56. The van der Waals surface area contributed by atoms with E-state index in [2.05, 4.69) is 5.10 Å². The molecule has 1 rings (SSSR count). The molecule has 54 valence electrons. The van der Waals surface area contributed by atoms with Crippen LogP contribution in [0.25, 0.3) is 0 Å². The quantitative estimate of drug-likeness (QED) is 0.506. The van der Waals surface area contributed by atoms with Gasteiger partial charge in [-0.25, -0.2) is 0 Å². The number of nitrogens with zero attached hydrogens (tertiary/aromatic N) is 2. The maximum absolute atomic E-state index is 8.95. The van der Waals surface area contributed by atoms with E-state index in [1.807, 2.05) is 20.1 Å². The third kappa shape index (κ3) is 1.88. The number of hydrogen-bond acceptors (Lipinski definition) is 2. The van der Waals surface area contributed by atoms with Crippen molar-refractivity contribution >= 4 is 13.4 Å². The van der Waals surface area contributed by atoms with Crippen LogP contribution in [0.15, 0.2) is 12.3 Å². The minimum Gasteiger partial charge on any atom is -0.391 e. The summed E-state index contributed by atoms with van der Waals surface area (Å²) in [5.74, 6) is 0. The monoisotopic (exact) mass is 138 g/mol. The van der Waals surface area contributed by atoms with E-state index in [0.717, 1.165) is 5.59 Å². The molecule has 1 N–H and O–H groups in total. The predicted octanol–water partition coefficient (Wildman–Crippen LogP) is -1.48. The molecule has 0 amide bonds. The maximum atomic E-state index is 8.95. The van der Waals surface area contributed by atoms with Crippen molar-refractivity contribution < 1.29 is 5.11 Å². The van der Waals surface area contributed by atoms with Gasteiger partial charge in [-0.15, -0.1) is 0 Å². The van der Waals surface area contributed by atoms with Crippen molar-refractivity contribution in [3.63, 3.8) is 0 Å². The summed E-state index contributed by atoms with van der Waals surface area (Å²) in [5.41, 5.74) is 0.987. The number of aromatic nitrogens is 2. The normalized spacial score (nSPS) is 13.4. The molecule has 0 aromatic carbocycles. The molecule has 0 bridgehead atoms. The first kappa shape index (κ1) is 7.34. The molecule has 1 aromatic rings. The Morgan fingerprint density at radius 1 is 1.90 bits per heavy atom. The molecule has 0 saturated carbocycles. The Labute approximate surface area is 61.1 Å². The van der Waals surface area contributed by atoms with Crippen molar-refractivity contribution in [2.24, 2.45) is 0 Å². The van der Waals surface area contributed by atoms with Gasteiger partial charge in [-0.2, -0.15) is 5.10 Å². The van der Waals surface area contributed by atoms with E-state index >= 15 is 0 Å². The van der Waals surface area contributed by atoms with E-state index in [-0.39, 0.29) is 6.10 Å². The maximum Gasteiger partial charge on any atom is 0.166 e. The van der Waals surface area contributed by atoms with Crippen molar-refractivity contribution in [3.05, 3.63) is 12.3 Å². The highest BCUT2D eigenvalue weighted by Crippen LogP contribution is 1.86. The van der Waals surface area contributed by atoms with Gasteiger partial charge in [0, 0.05) is 11.8 Å². The van der Waals surface area contributed by atoms with Crippen LogP contribution >= 0.6 is 0 Å². The molecule has 0 spiro atoms. The first-order chi connectivity index (χ1) is 4.68. The van der Waals surface area contributed by atoms with Crippen LogP contribution in [-0.2, 0) is 6.54 Å². The van der Waals surface area contributed by atoms with Crippen LogP contribution in [0.1, 0.15) is 6.92 Å². The third-order valence-electron chi connectivity index (χ3n) is 1.23. The van der Waals surface area contributed by atoms with E-state index in [1.54, 1.807) is 11.6 Å². The summed E-state index contributed by atoms with van der Waals surface area (Å²) in [6.45, 7) is 2.32. The highest BCUT2D eigenvalue weighted by Gasteiger charge is 1.97. The SMILES string of the molecule is Bc1ccn(C[C@@H](C)O)n1. The fourth-order valence-corrected chi connectivity index (χ4v) is 0.836. The van der Waals surface area contributed by atoms with Crippen LogP contribution in [0.2, 0.25) is 0 Å². The van der Waals surface area contributed by atoms with Gasteiger partial charge in [-0.1, -0.05) is 0 Å². The molecule has 0 fully saturated rings. The van der Waals surface area contributed by atoms with E-state index in [4.69, 9.17) is 5.11 Å². The highest BCUT2D eigenvalue weighted by molar-refractivity contribution is 6.30. The van der Waals surface area contributed by atoms with Gasteiger partial charge in [0.05, 0.1) is 12.6 Å². The molecule has 4 heteroatoms.